The molecule has 3 N–H and O–H groups in total. The second-order valence-corrected chi connectivity index (χ2v) is 17.6. The lowest BCUT2D eigenvalue weighted by Gasteiger charge is -2.42. The molecule has 0 unspecified atom stereocenters. The van der Waals surface area contributed by atoms with Crippen molar-refractivity contribution in [2.45, 2.75) is 82.7 Å². The topological polar surface area (TPSA) is 199 Å². The molecule has 65 heavy (non-hydrogen) atoms. The zero-order valence-corrected chi connectivity index (χ0v) is 37.1. The molecule has 4 aliphatic rings. The van der Waals surface area contributed by atoms with Crippen LogP contribution in [-0.4, -0.2) is 110 Å². The van der Waals surface area contributed by atoms with Gasteiger partial charge in [-0.05, 0) is 68.0 Å². The summed E-state index contributed by atoms with van der Waals surface area (Å²) in [7, 11) is 0. The number of carbonyl (C=O) groups excluding carboxylic acids is 6. The van der Waals surface area contributed by atoms with Gasteiger partial charge in [-0.1, -0.05) is 48.5 Å². The van der Waals surface area contributed by atoms with Crippen LogP contribution in [-0.2, 0) is 25.6 Å². The fraction of sp³-hybridized carbons (Fsp3) is 0.435. The number of anilines is 1. The van der Waals surface area contributed by atoms with Crippen LogP contribution < -0.4 is 20.5 Å². The molecule has 6 amide bonds. The first kappa shape index (κ1) is 45.5. The van der Waals surface area contributed by atoms with Crippen LogP contribution in [0.3, 0.4) is 0 Å². The van der Waals surface area contributed by atoms with Gasteiger partial charge in [-0.15, -0.1) is 0 Å². The van der Waals surface area contributed by atoms with Crippen molar-refractivity contribution in [3.05, 3.63) is 87.5 Å². The minimum absolute atomic E-state index is 0.0367. The zero-order valence-electron chi connectivity index (χ0n) is 35.6. The molecule has 0 bridgehead atoms. The van der Waals surface area contributed by atoms with Gasteiger partial charge in [0.2, 0.25) is 23.6 Å². The van der Waals surface area contributed by atoms with Crippen LogP contribution in [0.4, 0.5) is 10.2 Å². The summed E-state index contributed by atoms with van der Waals surface area (Å²) in [6.07, 6.45) is 11.7. The highest BCUT2D eigenvalue weighted by molar-refractivity contribution is 6.36. The molecule has 3 fully saturated rings. The summed E-state index contributed by atoms with van der Waals surface area (Å²) in [5, 5.41) is 7.13. The number of amides is 6. The van der Waals surface area contributed by atoms with Gasteiger partial charge in [-0.3, -0.25) is 43.7 Å². The molecule has 2 aromatic heterocycles. The molecule has 342 valence electrons. The third-order valence-corrected chi connectivity index (χ3v) is 13.3. The Morgan fingerprint density at radius 2 is 1.62 bits per heavy atom. The summed E-state index contributed by atoms with van der Waals surface area (Å²) in [4.78, 5) is 85.4. The van der Waals surface area contributed by atoms with Gasteiger partial charge >= 0.3 is 0 Å². The van der Waals surface area contributed by atoms with E-state index in [-0.39, 0.29) is 77.4 Å². The van der Waals surface area contributed by atoms with Crippen LogP contribution in [0, 0.1) is 11.7 Å². The number of nitrogen functional groups attached to an aromatic ring is 1. The summed E-state index contributed by atoms with van der Waals surface area (Å²) in [5.74, 6) is -2.00. The average Bonchev–Trinajstić information content (AvgIpc) is 3.87. The van der Waals surface area contributed by atoms with E-state index in [0.29, 0.717) is 62.0 Å². The van der Waals surface area contributed by atoms with Crippen molar-refractivity contribution in [1.82, 2.24) is 34.8 Å². The number of piperidine rings is 2. The maximum absolute atomic E-state index is 13.9. The molecule has 0 aliphatic carbocycles. The van der Waals surface area contributed by atoms with Crippen molar-refractivity contribution in [3.8, 4) is 22.6 Å². The van der Waals surface area contributed by atoms with E-state index in [0.717, 1.165) is 54.6 Å². The van der Waals surface area contributed by atoms with Gasteiger partial charge in [0.25, 0.3) is 11.8 Å². The predicted octanol–water partition coefficient (Wildman–Crippen LogP) is 6.04. The lowest BCUT2D eigenvalue weighted by molar-refractivity contribution is -0.149. The van der Waals surface area contributed by atoms with Crippen molar-refractivity contribution >= 4 is 64.5 Å². The van der Waals surface area contributed by atoms with Crippen molar-refractivity contribution < 1.29 is 42.6 Å². The number of nitrogens with one attached hydrogen (secondary N) is 1. The van der Waals surface area contributed by atoms with Crippen molar-refractivity contribution in [2.24, 2.45) is 5.92 Å². The Labute approximate surface area is 384 Å². The van der Waals surface area contributed by atoms with E-state index in [9.17, 15) is 33.2 Å². The Morgan fingerprint density at radius 3 is 2.40 bits per heavy atom. The van der Waals surface area contributed by atoms with Gasteiger partial charge in [-0.2, -0.15) is 5.10 Å². The number of pyridine rings is 1. The fourth-order valence-electron chi connectivity index (χ4n) is 8.78. The summed E-state index contributed by atoms with van der Waals surface area (Å²) >= 11 is 12.3. The van der Waals surface area contributed by atoms with E-state index in [1.807, 2.05) is 15.8 Å². The number of ether oxygens (including phenoxy) is 2. The molecule has 0 saturated carbocycles. The second-order valence-electron chi connectivity index (χ2n) is 16.8. The van der Waals surface area contributed by atoms with E-state index in [1.165, 1.54) is 18.2 Å². The fourth-order valence-corrected chi connectivity index (χ4v) is 9.34. The van der Waals surface area contributed by atoms with Crippen LogP contribution in [0.25, 0.3) is 11.1 Å². The standard InChI is InChI=1S/C46H49Cl2FN8O8/c47-33-10-11-34(49)41(48)31(33)16-20-65-37-21-27(22-51-42(37)50)28-23-52-56(26-28)30-14-17-54(18-15-30)44(61)29-24-55(25-29)39(59)9-4-2-1-3-5-19-64-36-8-6-7-32-40(36)46(63)57(45(32)62)35-12-13-38(58)53-43(35)60/h6-8,10-11,21-23,26,29-30,35H,1-5,9,12-20,24-25H2,(H2,50,51)(H,53,58,60)/t35-/m1/s1. The molecule has 19 heteroatoms. The lowest BCUT2D eigenvalue weighted by Crippen LogP contribution is -2.57. The Bertz CT molecular complexity index is 2510. The molecular formula is C46H49Cl2FN8O8. The largest absolute Gasteiger partial charge is 0.493 e. The summed E-state index contributed by atoms with van der Waals surface area (Å²) in [5.41, 5.74) is 8.44. The molecule has 8 rings (SSSR count). The molecule has 4 aromatic rings. The zero-order chi connectivity index (χ0) is 45.8. The van der Waals surface area contributed by atoms with E-state index in [2.05, 4.69) is 15.4 Å². The maximum Gasteiger partial charge on any atom is 0.266 e. The molecule has 1 atom stereocenters. The molecule has 2 aromatic carbocycles. The molecule has 0 spiro atoms. The number of benzene rings is 2. The van der Waals surface area contributed by atoms with Gasteiger partial charge in [0.1, 0.15) is 17.6 Å². The van der Waals surface area contributed by atoms with E-state index >= 15 is 0 Å². The minimum Gasteiger partial charge on any atom is -0.493 e. The molecule has 16 nitrogen and oxygen atoms in total. The Kier molecular flexibility index (Phi) is 14.0. The first-order valence-electron chi connectivity index (χ1n) is 22.0. The van der Waals surface area contributed by atoms with E-state index < -0.39 is 35.5 Å². The second kappa shape index (κ2) is 20.0. The molecule has 3 saturated heterocycles. The van der Waals surface area contributed by atoms with Crippen LogP contribution >= 0.6 is 23.2 Å². The SMILES string of the molecule is Nc1ncc(-c2cnn(C3CCN(C(=O)C4CN(C(=O)CCCCCCCOc5cccc6c5C(=O)N([C@@H]5CCC(=O)NC5=O)C6=O)C4)CC3)c2)cc1OCCc1c(Cl)ccc(F)c1Cl. The maximum atomic E-state index is 13.9. The lowest BCUT2D eigenvalue weighted by atomic mass is 9.95. The summed E-state index contributed by atoms with van der Waals surface area (Å²) < 4.78 is 27.7. The number of aromatic nitrogens is 3. The third kappa shape index (κ3) is 9.95. The van der Waals surface area contributed by atoms with Crippen LogP contribution in [0.2, 0.25) is 10.0 Å². The number of hydrogen-bond acceptors (Lipinski definition) is 11. The van der Waals surface area contributed by atoms with Gasteiger partial charge < -0.3 is 25.0 Å². The first-order chi connectivity index (χ1) is 31.4. The molecule has 4 aliphatic heterocycles. The molecule has 6 heterocycles. The highest BCUT2D eigenvalue weighted by atomic mass is 35.5. The number of imide groups is 2. The number of nitrogens with zero attached hydrogens (tertiary/aromatic N) is 6. The number of likely N-dealkylation sites (tertiary alicyclic amines) is 2. The predicted molar refractivity (Wildman–Crippen MR) is 237 cm³/mol. The first-order valence-corrected chi connectivity index (χ1v) is 22.7. The Morgan fingerprint density at radius 1 is 0.862 bits per heavy atom. The minimum atomic E-state index is -1.04. The van der Waals surface area contributed by atoms with Crippen LogP contribution in [0.15, 0.2) is 55.0 Å². The van der Waals surface area contributed by atoms with Crippen molar-refractivity contribution in [1.29, 1.82) is 0 Å². The third-order valence-electron chi connectivity index (χ3n) is 12.5. The number of rotatable bonds is 17. The number of unbranched alkanes of at least 4 members (excludes halogenated alkanes) is 4. The smallest absolute Gasteiger partial charge is 0.266 e. The highest BCUT2D eigenvalue weighted by Crippen LogP contribution is 2.35. The molecular weight excluding hydrogens is 882 g/mol. The quantitative estimate of drug-likeness (QED) is 0.0711. The number of hydrogen-bond donors (Lipinski definition) is 2. The summed E-state index contributed by atoms with van der Waals surface area (Å²) in [6.45, 7) is 2.56. The molecule has 0 radical (unpaired) electrons. The Balaban J connectivity index is 0.701. The Hall–Kier alpha value is -6.07. The number of halogens is 3. The highest BCUT2D eigenvalue weighted by Gasteiger charge is 2.46. The number of nitrogens with two attached hydrogens (primary N) is 1. The van der Waals surface area contributed by atoms with Gasteiger partial charge in [0.15, 0.2) is 11.6 Å². The van der Waals surface area contributed by atoms with Crippen LogP contribution in [0.1, 0.15) is 96.5 Å². The van der Waals surface area contributed by atoms with Gasteiger partial charge in [-0.25, -0.2) is 9.37 Å². The monoisotopic (exact) mass is 930 g/mol. The van der Waals surface area contributed by atoms with Crippen molar-refractivity contribution in [2.75, 3.05) is 45.1 Å². The van der Waals surface area contributed by atoms with Gasteiger partial charge in [0, 0.05) is 74.0 Å². The average molecular weight is 932 g/mol. The number of fused-ring (bicyclic) bond motifs is 1. The number of carbonyl (C=O) groups is 6. The van der Waals surface area contributed by atoms with Crippen LogP contribution in [0.5, 0.6) is 11.5 Å². The van der Waals surface area contributed by atoms with Crippen molar-refractivity contribution in [3.63, 3.8) is 0 Å². The van der Waals surface area contributed by atoms with E-state index in [1.54, 1.807) is 35.5 Å². The van der Waals surface area contributed by atoms with Gasteiger partial charge in [0.05, 0.1) is 47.5 Å². The van der Waals surface area contributed by atoms with E-state index in [4.69, 9.17) is 38.4 Å². The normalized spacial score (nSPS) is 17.9. The summed E-state index contributed by atoms with van der Waals surface area (Å²) in [6, 6.07) is 8.32.